The molecule has 1 unspecified atom stereocenters. The van der Waals surface area contributed by atoms with Gasteiger partial charge in [0.1, 0.15) is 5.52 Å². The first-order valence-corrected chi connectivity index (χ1v) is 4.21. The Morgan fingerprint density at radius 3 is 2.92 bits per heavy atom. The molecule has 2 aromatic heterocycles. The first-order chi connectivity index (χ1) is 6.18. The second-order valence-corrected chi connectivity index (χ2v) is 3.26. The molecule has 0 spiro atoms. The predicted molar refractivity (Wildman–Crippen MR) is 51.1 cm³/mol. The highest BCUT2D eigenvalue weighted by Crippen LogP contribution is 2.14. The van der Waals surface area contributed by atoms with Gasteiger partial charge in [0.2, 0.25) is 0 Å². The van der Waals surface area contributed by atoms with E-state index in [1.165, 1.54) is 0 Å². The Morgan fingerprint density at radius 2 is 2.23 bits per heavy atom. The van der Waals surface area contributed by atoms with E-state index in [4.69, 9.17) is 5.73 Å². The predicted octanol–water partition coefficient (Wildman–Crippen LogP) is 0.988. The van der Waals surface area contributed by atoms with Crippen LogP contribution in [0.25, 0.3) is 11.2 Å². The van der Waals surface area contributed by atoms with Gasteiger partial charge < -0.3 is 10.3 Å². The van der Waals surface area contributed by atoms with E-state index in [9.17, 15) is 0 Å². The van der Waals surface area contributed by atoms with Crippen molar-refractivity contribution in [2.45, 2.75) is 13.0 Å². The van der Waals surface area contributed by atoms with E-state index in [1.807, 2.05) is 24.6 Å². The van der Waals surface area contributed by atoms with Crippen LogP contribution in [0.5, 0.6) is 0 Å². The Hall–Kier alpha value is -1.42. The summed E-state index contributed by atoms with van der Waals surface area (Å²) in [6.07, 6.45) is 3.55. The van der Waals surface area contributed by atoms with Crippen LogP contribution in [0.3, 0.4) is 0 Å². The van der Waals surface area contributed by atoms with Gasteiger partial charge in [0, 0.05) is 19.3 Å². The maximum atomic E-state index is 5.74. The standard InChI is InChI=1S/C9H12N4/c1-6(10)7-3-8-9(11-4-7)13(2)5-12-8/h3-6H,10H2,1-2H3. The first kappa shape index (κ1) is 8.19. The molecule has 0 saturated heterocycles. The Kier molecular flexibility index (Phi) is 1.77. The maximum absolute atomic E-state index is 5.74. The van der Waals surface area contributed by atoms with E-state index < -0.39 is 0 Å². The zero-order chi connectivity index (χ0) is 9.42. The average Bonchev–Trinajstić information content (AvgIpc) is 2.47. The topological polar surface area (TPSA) is 56.7 Å². The zero-order valence-corrected chi connectivity index (χ0v) is 7.73. The largest absolute Gasteiger partial charge is 0.324 e. The number of aromatic nitrogens is 3. The highest BCUT2D eigenvalue weighted by atomic mass is 15.1. The van der Waals surface area contributed by atoms with Crippen LogP contribution in [0.4, 0.5) is 0 Å². The van der Waals surface area contributed by atoms with Gasteiger partial charge in [-0.3, -0.25) is 0 Å². The second-order valence-electron chi connectivity index (χ2n) is 3.26. The molecule has 68 valence electrons. The van der Waals surface area contributed by atoms with E-state index >= 15 is 0 Å². The summed E-state index contributed by atoms with van der Waals surface area (Å²) in [7, 11) is 1.92. The molecule has 0 bridgehead atoms. The third-order valence-corrected chi connectivity index (χ3v) is 2.10. The van der Waals surface area contributed by atoms with Crippen molar-refractivity contribution in [1.29, 1.82) is 0 Å². The molecule has 4 nitrogen and oxygen atoms in total. The number of nitrogens with two attached hydrogens (primary N) is 1. The lowest BCUT2D eigenvalue weighted by molar-refractivity contribution is 0.813. The number of hydrogen-bond donors (Lipinski definition) is 1. The molecule has 2 heterocycles. The number of imidazole rings is 1. The van der Waals surface area contributed by atoms with E-state index in [2.05, 4.69) is 9.97 Å². The molecule has 0 aromatic carbocycles. The Balaban J connectivity index is 2.63. The van der Waals surface area contributed by atoms with Crippen molar-refractivity contribution in [2.75, 3.05) is 0 Å². The zero-order valence-electron chi connectivity index (χ0n) is 7.73. The molecule has 2 aromatic rings. The van der Waals surface area contributed by atoms with Crippen LogP contribution in [0, 0.1) is 0 Å². The molecule has 4 heteroatoms. The summed E-state index contributed by atoms with van der Waals surface area (Å²) in [5.74, 6) is 0. The fourth-order valence-corrected chi connectivity index (χ4v) is 1.28. The van der Waals surface area contributed by atoms with Gasteiger partial charge in [-0.1, -0.05) is 0 Å². The molecule has 0 fully saturated rings. The smallest absolute Gasteiger partial charge is 0.159 e. The van der Waals surface area contributed by atoms with Crippen LogP contribution >= 0.6 is 0 Å². The molecule has 0 aliphatic heterocycles. The summed E-state index contributed by atoms with van der Waals surface area (Å²) in [5.41, 5.74) is 8.55. The molecule has 0 aliphatic rings. The minimum Gasteiger partial charge on any atom is -0.324 e. The van der Waals surface area contributed by atoms with Crippen LogP contribution in [-0.2, 0) is 7.05 Å². The highest BCUT2D eigenvalue weighted by Gasteiger charge is 2.04. The second kappa shape index (κ2) is 2.81. The Bertz CT molecular complexity index is 430. The van der Waals surface area contributed by atoms with E-state index in [-0.39, 0.29) is 6.04 Å². The van der Waals surface area contributed by atoms with Gasteiger partial charge >= 0.3 is 0 Å². The summed E-state index contributed by atoms with van der Waals surface area (Å²) in [5, 5.41) is 0. The van der Waals surface area contributed by atoms with Crippen LogP contribution in [0.15, 0.2) is 18.6 Å². The summed E-state index contributed by atoms with van der Waals surface area (Å²) < 4.78 is 1.89. The SMILES string of the molecule is CC(N)c1cnc2c(c1)ncn2C. The van der Waals surface area contributed by atoms with Crippen molar-refractivity contribution < 1.29 is 0 Å². The molecule has 2 rings (SSSR count). The minimum absolute atomic E-state index is 0.0129. The third-order valence-electron chi connectivity index (χ3n) is 2.10. The van der Waals surface area contributed by atoms with Crippen LogP contribution in [0.1, 0.15) is 18.5 Å². The first-order valence-electron chi connectivity index (χ1n) is 4.21. The number of fused-ring (bicyclic) bond motifs is 1. The molecule has 0 amide bonds. The number of rotatable bonds is 1. The van der Waals surface area contributed by atoms with Crippen LogP contribution < -0.4 is 5.73 Å². The number of aryl methyl sites for hydroxylation is 1. The lowest BCUT2D eigenvalue weighted by Gasteiger charge is -2.03. The fraction of sp³-hybridized carbons (Fsp3) is 0.333. The Labute approximate surface area is 76.4 Å². The quantitative estimate of drug-likeness (QED) is 0.704. The molecule has 1 atom stereocenters. The summed E-state index contributed by atoms with van der Waals surface area (Å²) in [6, 6.07) is 1.99. The molecule has 0 saturated carbocycles. The van der Waals surface area contributed by atoms with Crippen molar-refractivity contribution in [3.8, 4) is 0 Å². The minimum atomic E-state index is 0.0129. The molecule has 0 radical (unpaired) electrons. The van der Waals surface area contributed by atoms with Gasteiger partial charge in [-0.15, -0.1) is 0 Å². The molecule has 13 heavy (non-hydrogen) atoms. The maximum Gasteiger partial charge on any atom is 0.159 e. The van der Waals surface area contributed by atoms with Gasteiger partial charge in [0.25, 0.3) is 0 Å². The molecular weight excluding hydrogens is 164 g/mol. The highest BCUT2D eigenvalue weighted by molar-refractivity contribution is 5.71. The van der Waals surface area contributed by atoms with Gasteiger partial charge in [0.05, 0.1) is 6.33 Å². The average molecular weight is 176 g/mol. The van der Waals surface area contributed by atoms with E-state index in [1.54, 1.807) is 12.5 Å². The fourth-order valence-electron chi connectivity index (χ4n) is 1.28. The number of pyridine rings is 1. The van der Waals surface area contributed by atoms with E-state index in [0.29, 0.717) is 0 Å². The summed E-state index contributed by atoms with van der Waals surface area (Å²) >= 11 is 0. The normalized spacial score (nSPS) is 13.5. The lowest BCUT2D eigenvalue weighted by atomic mass is 10.1. The van der Waals surface area contributed by atoms with Gasteiger partial charge in [-0.2, -0.15) is 0 Å². The number of hydrogen-bond acceptors (Lipinski definition) is 3. The number of nitrogens with zero attached hydrogens (tertiary/aromatic N) is 3. The van der Waals surface area contributed by atoms with Crippen molar-refractivity contribution in [1.82, 2.24) is 14.5 Å². The van der Waals surface area contributed by atoms with Crippen LogP contribution in [0.2, 0.25) is 0 Å². The Morgan fingerprint density at radius 1 is 1.46 bits per heavy atom. The van der Waals surface area contributed by atoms with E-state index in [0.717, 1.165) is 16.7 Å². The van der Waals surface area contributed by atoms with Gasteiger partial charge in [-0.05, 0) is 18.6 Å². The third kappa shape index (κ3) is 1.29. The van der Waals surface area contributed by atoms with Crippen molar-refractivity contribution in [3.63, 3.8) is 0 Å². The van der Waals surface area contributed by atoms with Gasteiger partial charge in [-0.25, -0.2) is 9.97 Å². The monoisotopic (exact) mass is 176 g/mol. The van der Waals surface area contributed by atoms with Crippen LogP contribution in [-0.4, -0.2) is 14.5 Å². The lowest BCUT2D eigenvalue weighted by Crippen LogP contribution is -2.05. The van der Waals surface area contributed by atoms with Gasteiger partial charge in [0.15, 0.2) is 5.65 Å². The van der Waals surface area contributed by atoms with Crippen molar-refractivity contribution in [2.24, 2.45) is 12.8 Å². The molecular formula is C9H12N4. The summed E-state index contributed by atoms with van der Waals surface area (Å²) in [6.45, 7) is 1.94. The molecule has 2 N–H and O–H groups in total. The van der Waals surface area contributed by atoms with Crippen molar-refractivity contribution >= 4 is 11.2 Å². The van der Waals surface area contributed by atoms with Crippen molar-refractivity contribution in [3.05, 3.63) is 24.2 Å². The molecule has 0 aliphatic carbocycles. The summed E-state index contributed by atoms with van der Waals surface area (Å²) in [4.78, 5) is 8.49.